The average molecular weight is 833 g/mol. The van der Waals surface area contributed by atoms with E-state index in [0.29, 0.717) is 58.7 Å². The lowest BCUT2D eigenvalue weighted by Crippen LogP contribution is -2.25. The number of carbonyl (C=O) groups excluding carboxylic acids is 2. The van der Waals surface area contributed by atoms with Crippen LogP contribution in [0, 0.1) is 18.8 Å². The number of ether oxygens (including phenoxy) is 1. The Balaban J connectivity index is 0.945. The molecule has 61 heavy (non-hydrogen) atoms. The molecule has 2 amide bonds. The number of aliphatic hydroxyl groups is 1. The third-order valence-electron chi connectivity index (χ3n) is 10.0. The number of likely N-dealkylation sites (N-methyl/N-ethyl adjacent to an activating group) is 1. The number of phenolic OH excluding ortho intramolecular Hbond substituents is 1. The predicted molar refractivity (Wildman–Crippen MR) is 241 cm³/mol. The second kappa shape index (κ2) is 18.9. The number of nitrogens with two attached hydrogens (primary N) is 1. The number of H-pyrrole nitrogens is 1. The molecule has 7 rings (SSSR count). The molecule has 1 atom stereocenters. The van der Waals surface area contributed by atoms with E-state index < -0.39 is 12.0 Å². The van der Waals surface area contributed by atoms with Gasteiger partial charge in [0.1, 0.15) is 11.5 Å². The fourth-order valence-electron chi connectivity index (χ4n) is 6.99. The van der Waals surface area contributed by atoms with Gasteiger partial charge in [-0.2, -0.15) is 0 Å². The van der Waals surface area contributed by atoms with Crippen LogP contribution in [0.2, 0.25) is 0 Å². The van der Waals surface area contributed by atoms with Crippen LogP contribution in [0.3, 0.4) is 0 Å². The van der Waals surface area contributed by atoms with E-state index in [1.807, 2.05) is 97.7 Å². The van der Waals surface area contributed by atoms with Gasteiger partial charge in [0.15, 0.2) is 0 Å². The first kappa shape index (κ1) is 42.0. The number of amides is 2. The van der Waals surface area contributed by atoms with Crippen molar-refractivity contribution < 1.29 is 24.5 Å². The summed E-state index contributed by atoms with van der Waals surface area (Å²) >= 11 is 1.49. The Morgan fingerprint density at radius 3 is 2.54 bits per heavy atom. The second-order valence-electron chi connectivity index (χ2n) is 14.5. The highest BCUT2D eigenvalue weighted by molar-refractivity contribution is 7.99. The van der Waals surface area contributed by atoms with Crippen LogP contribution in [-0.2, 0) is 0 Å². The van der Waals surface area contributed by atoms with Crippen molar-refractivity contribution in [3.63, 3.8) is 0 Å². The number of methoxy groups -OCH3 is 1. The number of hydrogen-bond donors (Lipinski definition) is 6. The highest BCUT2D eigenvalue weighted by Gasteiger charge is 2.18. The Kier molecular flexibility index (Phi) is 13.0. The van der Waals surface area contributed by atoms with E-state index in [1.54, 1.807) is 25.3 Å². The van der Waals surface area contributed by atoms with Crippen molar-refractivity contribution in [2.75, 3.05) is 37.9 Å². The number of pyridine rings is 2. The van der Waals surface area contributed by atoms with Gasteiger partial charge in [-0.3, -0.25) is 19.4 Å². The summed E-state index contributed by atoms with van der Waals surface area (Å²) in [5, 5.41) is 28.8. The zero-order valence-corrected chi connectivity index (χ0v) is 34.6. The van der Waals surface area contributed by atoms with E-state index in [0.717, 1.165) is 43.9 Å². The lowest BCUT2D eigenvalue weighted by molar-refractivity contribution is 0.0998. The molecule has 0 aliphatic rings. The maximum absolute atomic E-state index is 13.4. The largest absolute Gasteiger partial charge is 0.506 e. The predicted octanol–water partition coefficient (Wildman–Crippen LogP) is 8.14. The number of aromatic amines is 1. The van der Waals surface area contributed by atoms with Gasteiger partial charge in [0.25, 0.3) is 11.8 Å². The van der Waals surface area contributed by atoms with Gasteiger partial charge in [0.05, 0.1) is 35.5 Å². The zero-order chi connectivity index (χ0) is 43.0. The number of aromatic hydroxyl groups is 1. The van der Waals surface area contributed by atoms with E-state index in [4.69, 9.17) is 10.5 Å². The Hall–Kier alpha value is -7.11. The van der Waals surface area contributed by atoms with Crippen LogP contribution in [0.25, 0.3) is 21.8 Å². The van der Waals surface area contributed by atoms with Crippen molar-refractivity contribution in [2.45, 2.75) is 35.7 Å². The van der Waals surface area contributed by atoms with Gasteiger partial charge in [0, 0.05) is 74.4 Å². The highest BCUT2D eigenvalue weighted by Crippen LogP contribution is 2.37. The lowest BCUT2D eigenvalue weighted by Gasteiger charge is -2.21. The Bertz CT molecular complexity index is 2890. The molecule has 308 valence electrons. The van der Waals surface area contributed by atoms with E-state index in [1.165, 1.54) is 30.1 Å². The van der Waals surface area contributed by atoms with Gasteiger partial charge in [-0.1, -0.05) is 41.8 Å². The third-order valence-corrected chi connectivity index (χ3v) is 11.0. The van der Waals surface area contributed by atoms with Crippen LogP contribution in [-0.4, -0.2) is 64.1 Å². The van der Waals surface area contributed by atoms with Crippen LogP contribution in [0.5, 0.6) is 11.5 Å². The van der Waals surface area contributed by atoms with Crippen molar-refractivity contribution in [1.82, 2.24) is 14.9 Å². The molecule has 7 aromatic rings. The first-order chi connectivity index (χ1) is 29.4. The Labute approximate surface area is 356 Å². The minimum absolute atomic E-state index is 0.0433. The van der Waals surface area contributed by atoms with Gasteiger partial charge >= 0.3 is 0 Å². The summed E-state index contributed by atoms with van der Waals surface area (Å²) in [5.41, 5.74) is 11.5. The highest BCUT2D eigenvalue weighted by atomic mass is 32.2. The van der Waals surface area contributed by atoms with Crippen molar-refractivity contribution in [1.29, 1.82) is 0 Å². The Morgan fingerprint density at radius 2 is 1.75 bits per heavy atom. The summed E-state index contributed by atoms with van der Waals surface area (Å²) in [6.07, 6.45) is 2.13. The lowest BCUT2D eigenvalue weighted by atomic mass is 10.0. The van der Waals surface area contributed by atoms with E-state index >= 15 is 0 Å². The van der Waals surface area contributed by atoms with E-state index in [-0.39, 0.29) is 22.8 Å². The summed E-state index contributed by atoms with van der Waals surface area (Å²) in [7, 11) is 3.52. The average Bonchev–Trinajstić information content (AvgIpc) is 3.24. The van der Waals surface area contributed by atoms with E-state index in [2.05, 4.69) is 32.4 Å². The molecule has 0 spiro atoms. The zero-order valence-electron chi connectivity index (χ0n) is 33.8. The maximum Gasteiger partial charge on any atom is 0.255 e. The fourth-order valence-corrected chi connectivity index (χ4v) is 8.00. The number of hydrogen-bond acceptors (Lipinski definition) is 10. The third kappa shape index (κ3) is 10.2. The van der Waals surface area contributed by atoms with Gasteiger partial charge in [-0.25, -0.2) is 0 Å². The number of anilines is 3. The molecule has 5 aromatic carbocycles. The molecule has 0 aliphatic heterocycles. The van der Waals surface area contributed by atoms with Crippen LogP contribution in [0.1, 0.15) is 56.4 Å². The maximum atomic E-state index is 13.4. The first-order valence-electron chi connectivity index (χ1n) is 19.5. The molecule has 0 aliphatic carbocycles. The molecule has 2 heterocycles. The van der Waals surface area contributed by atoms with Crippen LogP contribution < -0.4 is 26.7 Å². The number of benzene rings is 5. The molecule has 13 heteroatoms. The Morgan fingerprint density at radius 1 is 0.951 bits per heavy atom. The molecule has 2 aromatic heterocycles. The number of aromatic nitrogens is 2. The van der Waals surface area contributed by atoms with Gasteiger partial charge in [0.2, 0.25) is 5.56 Å². The number of rotatable bonds is 14. The van der Waals surface area contributed by atoms with Crippen molar-refractivity contribution in [3.05, 3.63) is 154 Å². The molecule has 0 saturated carbocycles. The van der Waals surface area contributed by atoms with Crippen LogP contribution in [0.15, 0.2) is 130 Å². The quantitative estimate of drug-likeness (QED) is 0.0462. The van der Waals surface area contributed by atoms with E-state index in [9.17, 15) is 24.6 Å². The number of carbonyl (C=O) groups is 2. The number of aliphatic hydroxyl groups excluding tert-OH is 1. The van der Waals surface area contributed by atoms with Gasteiger partial charge < -0.3 is 41.2 Å². The molecule has 0 bridgehead atoms. The normalized spacial score (nSPS) is 11.6. The molecule has 0 saturated heterocycles. The molecule has 7 N–H and O–H groups in total. The van der Waals surface area contributed by atoms with Gasteiger partial charge in [-0.15, -0.1) is 0 Å². The molecule has 0 fully saturated rings. The number of nitrogens with one attached hydrogen (secondary N) is 3. The fraction of sp³-hybridized carbons (Fsp3) is 0.167. The number of nitrogens with zero attached hydrogens (tertiary/aromatic N) is 2. The van der Waals surface area contributed by atoms with Crippen molar-refractivity contribution in [3.8, 4) is 23.3 Å². The minimum atomic E-state index is -0.811. The number of aryl methyl sites for hydroxylation is 1. The molecular weight excluding hydrogens is 789 g/mol. The summed E-state index contributed by atoms with van der Waals surface area (Å²) in [6, 6.07) is 32.3. The number of phenols is 1. The summed E-state index contributed by atoms with van der Waals surface area (Å²) in [4.78, 5) is 48.6. The summed E-state index contributed by atoms with van der Waals surface area (Å²) < 4.78 is 5.38. The number of fused-ring (bicyclic) bond motifs is 2. The molecular formula is C48H44N6O6S. The summed E-state index contributed by atoms with van der Waals surface area (Å²) in [6.45, 7) is 3.05. The van der Waals surface area contributed by atoms with Crippen molar-refractivity contribution in [2.24, 2.45) is 5.73 Å². The molecule has 1 unspecified atom stereocenters. The minimum Gasteiger partial charge on any atom is -0.506 e. The first-order valence-corrected chi connectivity index (χ1v) is 20.3. The van der Waals surface area contributed by atoms with Crippen LogP contribution >= 0.6 is 11.8 Å². The SMILES string of the molecule is COc1cccc(Nc2c(C(N)=O)cnc3c(C)cc(Sc4cccc(C(=O)Nc5ccc(C#CCCCN(C)CC(O)c6ccc(O)c7[nH]c(=O)ccc67)cc5)c4)cc23)c1. The number of primary amides is 1. The monoisotopic (exact) mass is 832 g/mol. The second-order valence-corrected chi connectivity index (χ2v) is 15.7. The van der Waals surface area contributed by atoms with Crippen molar-refractivity contribution >= 4 is 62.4 Å². The number of unbranched alkanes of at least 4 members (excludes halogenated alkanes) is 1. The van der Waals surface area contributed by atoms with Crippen LogP contribution in [0.4, 0.5) is 17.1 Å². The standard InChI is InChI=1S/C48H44N6O6S/c1-29-23-36(26-39-44(29)50-27-40(47(49)58)45(39)51-33-11-8-12-34(25-33)60-3)61-35-13-7-10-31(24-35)48(59)52-32-16-14-30(15-17-32)9-5-4-6-22-54(2)28-42(56)37-18-20-41(55)46-38(37)19-21-43(57)53-46/h7-8,10-21,23-27,42,55-56H,4,6,22,28H2,1-3H3,(H2,49,58)(H,50,51)(H,52,59)(H,53,57). The topological polar surface area (TPSA) is 183 Å². The smallest absolute Gasteiger partial charge is 0.255 e. The van der Waals surface area contributed by atoms with Gasteiger partial charge in [-0.05, 0) is 117 Å². The molecule has 12 nitrogen and oxygen atoms in total. The molecule has 0 radical (unpaired) electrons. The summed E-state index contributed by atoms with van der Waals surface area (Å²) in [5.74, 6) is 6.15.